The van der Waals surface area contributed by atoms with Crippen molar-refractivity contribution in [3.05, 3.63) is 52.9 Å². The Morgan fingerprint density at radius 2 is 2.16 bits per heavy atom. The summed E-state index contributed by atoms with van der Waals surface area (Å²) in [4.78, 5) is 16.6. The number of rotatable bonds is 3. The molecule has 0 saturated heterocycles. The summed E-state index contributed by atoms with van der Waals surface area (Å²) in [6.45, 7) is 0. The lowest BCUT2D eigenvalue weighted by atomic mass is 10.2. The molecule has 0 aliphatic carbocycles. The molecule has 0 fully saturated rings. The number of hydrogen-bond acceptors (Lipinski definition) is 3. The van der Waals surface area contributed by atoms with Gasteiger partial charge in [-0.15, -0.1) is 0 Å². The highest BCUT2D eigenvalue weighted by molar-refractivity contribution is 6.33. The predicted octanol–water partition coefficient (Wildman–Crippen LogP) is 3.34. The normalized spacial score (nSPS) is 10.3. The van der Waals surface area contributed by atoms with E-state index in [9.17, 15) is 9.18 Å². The lowest BCUT2D eigenvalue weighted by Gasteiger charge is -2.18. The van der Waals surface area contributed by atoms with Crippen LogP contribution in [0.3, 0.4) is 0 Å². The van der Waals surface area contributed by atoms with E-state index in [1.165, 1.54) is 24.4 Å². The minimum atomic E-state index is -1.14. The van der Waals surface area contributed by atoms with Crippen LogP contribution in [-0.2, 0) is 0 Å². The Labute approximate surface area is 114 Å². The van der Waals surface area contributed by atoms with Gasteiger partial charge in [0.2, 0.25) is 0 Å². The Morgan fingerprint density at radius 1 is 1.42 bits per heavy atom. The predicted molar refractivity (Wildman–Crippen MR) is 70.7 cm³/mol. The zero-order valence-electron chi connectivity index (χ0n) is 9.97. The third-order valence-electron chi connectivity index (χ3n) is 2.61. The molecule has 2 rings (SSSR count). The highest BCUT2D eigenvalue weighted by atomic mass is 35.5. The number of carbonyl (C=O) groups is 1. The summed E-state index contributed by atoms with van der Waals surface area (Å²) in [6, 6.07) is 7.26. The first-order valence-corrected chi connectivity index (χ1v) is 5.75. The summed E-state index contributed by atoms with van der Waals surface area (Å²) in [5.74, 6) is -1.15. The molecular weight excluding hydrogens is 271 g/mol. The van der Waals surface area contributed by atoms with E-state index >= 15 is 0 Å². The third kappa shape index (κ3) is 2.82. The van der Waals surface area contributed by atoms with E-state index in [4.69, 9.17) is 16.7 Å². The molecule has 6 heteroatoms. The Balaban J connectivity index is 2.42. The molecule has 1 heterocycles. The maximum absolute atomic E-state index is 13.2. The molecule has 19 heavy (non-hydrogen) atoms. The Kier molecular flexibility index (Phi) is 3.66. The fourth-order valence-electron chi connectivity index (χ4n) is 1.59. The number of anilines is 2. The fraction of sp³-hybridized carbons (Fsp3) is 0.0769. The van der Waals surface area contributed by atoms with Crippen molar-refractivity contribution < 1.29 is 14.3 Å². The molecule has 1 aromatic heterocycles. The first-order chi connectivity index (χ1) is 8.99. The van der Waals surface area contributed by atoms with Crippen LogP contribution in [0.5, 0.6) is 0 Å². The molecule has 0 saturated carbocycles. The average molecular weight is 281 g/mol. The summed E-state index contributed by atoms with van der Waals surface area (Å²) in [6.07, 6.45) is 1.26. The highest BCUT2D eigenvalue weighted by Gasteiger charge is 2.13. The summed E-state index contributed by atoms with van der Waals surface area (Å²) in [5.41, 5.74) is 0.515. The van der Waals surface area contributed by atoms with Crippen molar-refractivity contribution in [3.63, 3.8) is 0 Å². The number of benzene rings is 1. The van der Waals surface area contributed by atoms with Gasteiger partial charge in [-0.3, -0.25) is 0 Å². The molecular formula is C13H10ClFN2O2. The maximum Gasteiger partial charge on any atom is 0.337 e. The molecule has 0 aliphatic heterocycles. The van der Waals surface area contributed by atoms with Gasteiger partial charge in [-0.1, -0.05) is 17.7 Å². The molecule has 4 nitrogen and oxygen atoms in total. The van der Waals surface area contributed by atoms with Gasteiger partial charge in [0.25, 0.3) is 0 Å². The number of halogens is 2. The highest BCUT2D eigenvalue weighted by Crippen LogP contribution is 2.25. The van der Waals surface area contributed by atoms with Gasteiger partial charge in [0.05, 0.1) is 10.6 Å². The first kappa shape index (κ1) is 13.3. The average Bonchev–Trinajstić information content (AvgIpc) is 2.38. The van der Waals surface area contributed by atoms with Crippen LogP contribution in [0.15, 0.2) is 36.5 Å². The van der Waals surface area contributed by atoms with Crippen LogP contribution in [-0.4, -0.2) is 23.1 Å². The van der Waals surface area contributed by atoms with Crippen LogP contribution >= 0.6 is 11.6 Å². The van der Waals surface area contributed by atoms with E-state index < -0.39 is 5.97 Å². The van der Waals surface area contributed by atoms with Gasteiger partial charge < -0.3 is 10.0 Å². The molecule has 98 valence electrons. The topological polar surface area (TPSA) is 53.4 Å². The molecule has 1 aromatic carbocycles. The smallest absolute Gasteiger partial charge is 0.337 e. The summed E-state index contributed by atoms with van der Waals surface area (Å²) in [7, 11) is 1.66. The van der Waals surface area contributed by atoms with Crippen molar-refractivity contribution in [2.45, 2.75) is 0 Å². The van der Waals surface area contributed by atoms with Crippen molar-refractivity contribution in [2.24, 2.45) is 0 Å². The van der Waals surface area contributed by atoms with Gasteiger partial charge in [0, 0.05) is 18.9 Å². The van der Waals surface area contributed by atoms with Crippen LogP contribution < -0.4 is 4.90 Å². The van der Waals surface area contributed by atoms with Gasteiger partial charge in [0.1, 0.15) is 11.6 Å². The second kappa shape index (κ2) is 5.24. The van der Waals surface area contributed by atoms with Gasteiger partial charge in [0.15, 0.2) is 0 Å². The van der Waals surface area contributed by atoms with Crippen LogP contribution in [0.2, 0.25) is 5.02 Å². The van der Waals surface area contributed by atoms with Gasteiger partial charge in [-0.2, -0.15) is 0 Å². The van der Waals surface area contributed by atoms with Crippen molar-refractivity contribution in [1.82, 2.24) is 4.98 Å². The van der Waals surface area contributed by atoms with Crippen LogP contribution in [0.25, 0.3) is 0 Å². The number of pyridine rings is 1. The minimum absolute atomic E-state index is 0.0464. The molecule has 0 atom stereocenters. The standard InChI is InChI=1S/C13H10ClFN2O2/c1-17(9-4-2-3-8(15)5-9)12-6-10(13(18)19)11(14)7-16-12/h2-7H,1H3,(H,18,19). The number of carboxylic acid groups (broad SMARTS) is 1. The largest absolute Gasteiger partial charge is 0.478 e. The van der Waals surface area contributed by atoms with Crippen LogP contribution in [0.4, 0.5) is 15.9 Å². The Morgan fingerprint density at radius 3 is 2.79 bits per heavy atom. The van der Waals surface area contributed by atoms with E-state index in [-0.39, 0.29) is 16.4 Å². The monoisotopic (exact) mass is 280 g/mol. The molecule has 0 aliphatic rings. The number of carboxylic acids is 1. The van der Waals surface area contributed by atoms with Crippen LogP contribution in [0, 0.1) is 5.82 Å². The van der Waals surface area contributed by atoms with E-state index in [1.54, 1.807) is 24.1 Å². The number of aromatic nitrogens is 1. The minimum Gasteiger partial charge on any atom is -0.478 e. The second-order valence-corrected chi connectivity index (χ2v) is 4.27. The van der Waals surface area contributed by atoms with Crippen molar-refractivity contribution in [2.75, 3.05) is 11.9 Å². The van der Waals surface area contributed by atoms with Gasteiger partial charge in [-0.05, 0) is 24.3 Å². The Bertz CT molecular complexity index is 634. The third-order valence-corrected chi connectivity index (χ3v) is 2.91. The van der Waals surface area contributed by atoms with Crippen molar-refractivity contribution in [3.8, 4) is 0 Å². The lowest BCUT2D eigenvalue weighted by molar-refractivity contribution is 0.0697. The number of nitrogens with zero attached hydrogens (tertiary/aromatic N) is 2. The molecule has 0 amide bonds. The van der Waals surface area contributed by atoms with Crippen molar-refractivity contribution in [1.29, 1.82) is 0 Å². The zero-order valence-corrected chi connectivity index (χ0v) is 10.7. The van der Waals surface area contributed by atoms with Crippen molar-refractivity contribution >= 4 is 29.1 Å². The van der Waals surface area contributed by atoms with Crippen LogP contribution in [0.1, 0.15) is 10.4 Å². The number of hydrogen-bond donors (Lipinski definition) is 1. The van der Waals surface area contributed by atoms with E-state index in [2.05, 4.69) is 4.98 Å². The summed E-state index contributed by atoms with van der Waals surface area (Å²) in [5, 5.41) is 9.05. The Hall–Kier alpha value is -2.14. The quantitative estimate of drug-likeness (QED) is 0.937. The molecule has 1 N–H and O–H groups in total. The second-order valence-electron chi connectivity index (χ2n) is 3.87. The maximum atomic E-state index is 13.2. The molecule has 0 spiro atoms. The van der Waals surface area contributed by atoms with Gasteiger partial charge in [-0.25, -0.2) is 14.2 Å². The first-order valence-electron chi connectivity index (χ1n) is 5.37. The summed E-state index contributed by atoms with van der Waals surface area (Å²) < 4.78 is 13.2. The molecule has 0 radical (unpaired) electrons. The SMILES string of the molecule is CN(c1cccc(F)c1)c1cc(C(=O)O)c(Cl)cn1. The zero-order chi connectivity index (χ0) is 14.0. The number of aromatic carboxylic acids is 1. The van der Waals surface area contributed by atoms with E-state index in [1.807, 2.05) is 0 Å². The van der Waals surface area contributed by atoms with E-state index in [0.29, 0.717) is 11.5 Å². The molecule has 0 bridgehead atoms. The lowest BCUT2D eigenvalue weighted by Crippen LogP contribution is -2.12. The van der Waals surface area contributed by atoms with E-state index in [0.717, 1.165) is 0 Å². The van der Waals surface area contributed by atoms with Gasteiger partial charge >= 0.3 is 5.97 Å². The molecule has 0 unspecified atom stereocenters. The molecule has 2 aromatic rings. The summed E-state index contributed by atoms with van der Waals surface area (Å²) >= 11 is 5.75. The fourth-order valence-corrected chi connectivity index (χ4v) is 1.78.